The van der Waals surface area contributed by atoms with Crippen molar-refractivity contribution in [3.8, 4) is 0 Å². The zero-order valence-electron chi connectivity index (χ0n) is 49.5. The molecule has 0 aliphatic heterocycles. The van der Waals surface area contributed by atoms with Gasteiger partial charge >= 0.3 is 24.1 Å². The van der Waals surface area contributed by atoms with Crippen molar-refractivity contribution >= 4 is 82.2 Å². The number of aromatic nitrogens is 1. The number of primary amides is 1. The van der Waals surface area contributed by atoms with E-state index in [0.717, 1.165) is 23.3 Å². The lowest BCUT2D eigenvalue weighted by molar-refractivity contribution is -0.148. The van der Waals surface area contributed by atoms with Crippen LogP contribution in [0.5, 0.6) is 0 Å². The summed E-state index contributed by atoms with van der Waals surface area (Å²) < 4.78 is 11.2. The minimum Gasteiger partial charge on any atom is -0.481 e. The molecule has 0 unspecified atom stereocenters. The van der Waals surface area contributed by atoms with Gasteiger partial charge < -0.3 is 62.8 Å². The van der Waals surface area contributed by atoms with Gasteiger partial charge in [-0.05, 0) is 105 Å². The number of benzene rings is 2. The fraction of sp³-hybridized carbons (Fsp3) is 0.569. The number of rotatable bonds is 35. The Morgan fingerprint density at radius 3 is 1.92 bits per heavy atom. The van der Waals surface area contributed by atoms with Crippen LogP contribution in [0.25, 0.3) is 0 Å². The van der Waals surface area contributed by atoms with Gasteiger partial charge in [0, 0.05) is 69.1 Å². The summed E-state index contributed by atoms with van der Waals surface area (Å²) in [6.45, 7) is 16.0. The molecule has 9 amide bonds. The summed E-state index contributed by atoms with van der Waals surface area (Å²) in [5.74, 6) is -5.38. The zero-order chi connectivity index (χ0) is 61.9. The second-order valence-electron chi connectivity index (χ2n) is 21.6. The molecular weight excluding hydrogens is 1090 g/mol. The van der Waals surface area contributed by atoms with Crippen LogP contribution in [-0.2, 0) is 56.1 Å². The first-order chi connectivity index (χ1) is 39.2. The molecule has 0 bridgehead atoms. The Hall–Kier alpha value is -7.67. The maximum absolute atomic E-state index is 13.7. The van der Waals surface area contributed by atoms with E-state index in [1.165, 1.54) is 13.8 Å². The highest BCUT2D eigenvalue weighted by atomic mass is 32.1. The third-order valence-corrected chi connectivity index (χ3v) is 14.8. The molecule has 1 aromatic heterocycles. The molecule has 83 heavy (non-hydrogen) atoms. The summed E-state index contributed by atoms with van der Waals surface area (Å²) in [5.41, 5.74) is 12.9. The Morgan fingerprint density at radius 2 is 1.35 bits per heavy atom. The number of nitrogens with zero attached hydrogens (tertiary/aromatic N) is 2. The van der Waals surface area contributed by atoms with E-state index in [2.05, 4.69) is 42.2 Å². The second-order valence-corrected chi connectivity index (χ2v) is 22.5. The Kier molecular flexibility index (Phi) is 29.6. The number of hydrogen-bond donors (Lipinski definition) is 10. The summed E-state index contributed by atoms with van der Waals surface area (Å²) in [6, 6.07) is 8.32. The minimum atomic E-state index is -1.12. The van der Waals surface area contributed by atoms with Gasteiger partial charge in [0.2, 0.25) is 29.5 Å². The molecule has 0 aliphatic rings. The third-order valence-electron chi connectivity index (χ3n) is 13.8. The summed E-state index contributed by atoms with van der Waals surface area (Å²) in [6.07, 6.45) is 2.05. The maximum atomic E-state index is 13.7. The monoisotopic (exact) mass is 1180 g/mol. The lowest BCUT2D eigenvalue weighted by Gasteiger charge is -2.34. The number of unbranched alkanes of at least 4 members (excludes halogenated alkanes) is 1. The van der Waals surface area contributed by atoms with Crippen LogP contribution in [0.4, 0.5) is 21.0 Å². The molecule has 3 aromatic rings. The molecule has 25 heteroatoms. The van der Waals surface area contributed by atoms with Crippen molar-refractivity contribution in [1.29, 1.82) is 0 Å². The number of nitrogens with one attached hydrogen (secondary N) is 7. The molecule has 24 nitrogen and oxygen atoms in total. The topological polar surface area (TPSA) is 362 Å². The highest BCUT2D eigenvalue weighted by molar-refractivity contribution is 7.09. The fourth-order valence-corrected chi connectivity index (χ4v) is 9.70. The van der Waals surface area contributed by atoms with Crippen LogP contribution >= 0.6 is 11.3 Å². The normalized spacial score (nSPS) is 14.0. The molecule has 0 aliphatic carbocycles. The van der Waals surface area contributed by atoms with Crippen molar-refractivity contribution in [3.63, 3.8) is 0 Å². The molecule has 2 aromatic carbocycles. The van der Waals surface area contributed by atoms with E-state index < -0.39 is 95.7 Å². The van der Waals surface area contributed by atoms with E-state index in [1.807, 2.05) is 27.7 Å². The van der Waals surface area contributed by atoms with Gasteiger partial charge in [0.05, 0.1) is 5.92 Å². The molecule has 0 spiro atoms. The van der Waals surface area contributed by atoms with Gasteiger partial charge in [0.25, 0.3) is 5.91 Å². The van der Waals surface area contributed by atoms with Crippen molar-refractivity contribution in [2.75, 3.05) is 30.8 Å². The summed E-state index contributed by atoms with van der Waals surface area (Å²) >= 11 is 1.14. The number of ether oxygens (including phenoxy) is 2. The SMILES string of the molecule is CC[C@H](C)CC(=O)N(C)[C@H](C[C@@H](OC(C)=O)c1nc(C(=O)N[C@@H](Cc2ccc(NC(=O)OCc3ccc(NC(=O)[C@H](CCCNC(N)=O)NC(=O)[C@@H](NC(=O)[C@H](CCCCN)NC(C)=O)C(C)C)cc3)cc2)C[C@H](C)C(=O)O)cs1)C(C)C. The van der Waals surface area contributed by atoms with Crippen molar-refractivity contribution < 1.29 is 62.5 Å². The second kappa shape index (κ2) is 35.4. The van der Waals surface area contributed by atoms with Gasteiger partial charge in [-0.25, -0.2) is 14.6 Å². The molecule has 8 atom stereocenters. The van der Waals surface area contributed by atoms with Crippen LogP contribution in [0.3, 0.4) is 0 Å². The number of amides is 9. The number of urea groups is 1. The van der Waals surface area contributed by atoms with Crippen LogP contribution in [0.15, 0.2) is 53.9 Å². The lowest BCUT2D eigenvalue weighted by atomic mass is 9.95. The Morgan fingerprint density at radius 1 is 0.735 bits per heavy atom. The number of carboxylic acids is 1. The maximum Gasteiger partial charge on any atom is 0.411 e. The van der Waals surface area contributed by atoms with E-state index >= 15 is 0 Å². The van der Waals surface area contributed by atoms with Crippen molar-refractivity contribution in [2.24, 2.45) is 35.1 Å². The number of nitrogens with two attached hydrogens (primary N) is 2. The number of carbonyl (C=O) groups is 10. The predicted octanol–water partition coefficient (Wildman–Crippen LogP) is 5.90. The highest BCUT2D eigenvalue weighted by Crippen LogP contribution is 2.31. The highest BCUT2D eigenvalue weighted by Gasteiger charge is 2.33. The van der Waals surface area contributed by atoms with Crippen molar-refractivity contribution in [1.82, 2.24) is 36.5 Å². The average molecular weight is 1180 g/mol. The standard InChI is InChI=1S/C58H87N11O13S/c1-11-35(6)27-49(72)69(10)47(33(2)3)30-48(82-38(9)71)55-67-46(32-83-55)53(75)64-43(28-36(7)56(77)78)29-39-17-21-42(22-18-39)65-58(80)81-31-40-19-23-41(24-20-40)63-51(73)45(16-14-26-61-57(60)79)66-54(76)50(34(4)5)68-52(74)44(62-37(8)70)15-12-13-25-59/h17-24,32-36,43-45,47-48,50H,11-16,25-31,59H2,1-10H3,(H,62,70)(H,63,73)(H,64,75)(H,65,80)(H,66,76)(H,68,74)(H,77,78)(H3,60,61,79)/t35-,36-,43+,44-,45-,47+,48+,50-/m0/s1. The molecule has 3 rings (SSSR count). The van der Waals surface area contributed by atoms with Gasteiger partial charge in [-0.3, -0.25) is 43.7 Å². The van der Waals surface area contributed by atoms with E-state index in [9.17, 15) is 53.1 Å². The number of hydrogen-bond acceptors (Lipinski definition) is 15. The Balaban J connectivity index is 1.65. The van der Waals surface area contributed by atoms with Gasteiger partial charge in [-0.15, -0.1) is 11.3 Å². The predicted molar refractivity (Wildman–Crippen MR) is 314 cm³/mol. The third kappa shape index (κ3) is 25.2. The van der Waals surface area contributed by atoms with Gasteiger partial charge in [0.15, 0.2) is 6.10 Å². The van der Waals surface area contributed by atoms with Gasteiger partial charge in [-0.2, -0.15) is 0 Å². The van der Waals surface area contributed by atoms with Crippen LogP contribution in [0, 0.1) is 23.7 Å². The molecule has 1 heterocycles. The first kappa shape index (κ1) is 69.6. The molecule has 12 N–H and O–H groups in total. The summed E-state index contributed by atoms with van der Waals surface area (Å²) in [5, 5.41) is 30.6. The van der Waals surface area contributed by atoms with Crippen molar-refractivity contribution in [2.45, 2.75) is 169 Å². The number of anilines is 2. The van der Waals surface area contributed by atoms with Crippen molar-refractivity contribution in [3.05, 3.63) is 75.7 Å². The molecular formula is C58H87N11O13S. The quantitative estimate of drug-likeness (QED) is 0.0242. The number of carbonyl (C=O) groups excluding carboxylic acids is 9. The van der Waals surface area contributed by atoms with Gasteiger partial charge in [-0.1, -0.05) is 79.2 Å². The zero-order valence-corrected chi connectivity index (χ0v) is 50.3. The average Bonchev–Trinajstić information content (AvgIpc) is 4.22. The van der Waals surface area contributed by atoms with E-state index in [0.29, 0.717) is 54.2 Å². The first-order valence-corrected chi connectivity index (χ1v) is 29.0. The molecule has 0 fully saturated rings. The van der Waals surface area contributed by atoms with E-state index in [-0.39, 0.29) is 74.7 Å². The summed E-state index contributed by atoms with van der Waals surface area (Å²) in [4.78, 5) is 134. The fourth-order valence-electron chi connectivity index (χ4n) is 8.86. The molecule has 0 saturated heterocycles. The lowest BCUT2D eigenvalue weighted by Crippen LogP contribution is -2.57. The van der Waals surface area contributed by atoms with E-state index in [1.54, 1.807) is 86.6 Å². The number of esters is 1. The molecule has 458 valence electrons. The van der Waals surface area contributed by atoms with Crippen LogP contribution in [0.2, 0.25) is 0 Å². The van der Waals surface area contributed by atoms with Gasteiger partial charge in [0.1, 0.15) is 35.4 Å². The smallest absolute Gasteiger partial charge is 0.411 e. The Labute approximate surface area is 490 Å². The first-order valence-electron chi connectivity index (χ1n) is 28.2. The minimum absolute atomic E-state index is 0.0103. The van der Waals surface area contributed by atoms with Crippen LogP contribution in [0.1, 0.15) is 153 Å². The van der Waals surface area contributed by atoms with E-state index in [4.69, 9.17) is 20.9 Å². The van der Waals surface area contributed by atoms with Crippen LogP contribution in [-0.4, -0.2) is 125 Å². The number of thiazole rings is 1. The number of aliphatic carboxylic acids is 1. The summed E-state index contributed by atoms with van der Waals surface area (Å²) in [7, 11) is 1.75. The van der Waals surface area contributed by atoms with Crippen LogP contribution < -0.4 is 48.7 Å². The molecule has 0 radical (unpaired) electrons. The largest absolute Gasteiger partial charge is 0.481 e. The number of carboxylic acid groups (broad SMARTS) is 1. The Bertz CT molecular complexity index is 2630. The molecule has 0 saturated carbocycles.